The van der Waals surface area contributed by atoms with Gasteiger partial charge in [-0.25, -0.2) is 10.8 Å². The van der Waals surface area contributed by atoms with Crippen molar-refractivity contribution in [1.29, 1.82) is 0 Å². The van der Waals surface area contributed by atoms with Crippen molar-refractivity contribution in [3.05, 3.63) is 11.8 Å². The van der Waals surface area contributed by atoms with Gasteiger partial charge in [-0.15, -0.1) is 0 Å². The number of nitrogens with two attached hydrogens (primary N) is 1. The third-order valence-corrected chi connectivity index (χ3v) is 3.42. The quantitative estimate of drug-likeness (QED) is 0.605. The summed E-state index contributed by atoms with van der Waals surface area (Å²) in [4.78, 5) is 13.3. The molecule has 2 rings (SSSR count). The molecule has 1 fully saturated rings. The minimum atomic E-state index is 0.474. The number of aryl methyl sites for hydroxylation is 1. The lowest BCUT2D eigenvalue weighted by Crippen LogP contribution is -2.49. The molecule has 3 N–H and O–H groups in total. The number of nitrogen functional groups attached to an aromatic ring is 1. The van der Waals surface area contributed by atoms with Crippen molar-refractivity contribution in [2.24, 2.45) is 5.84 Å². The second-order valence-corrected chi connectivity index (χ2v) is 4.96. The highest BCUT2D eigenvalue weighted by Crippen LogP contribution is 2.19. The summed E-state index contributed by atoms with van der Waals surface area (Å²) < 4.78 is 0. The number of aromatic nitrogens is 2. The topological polar surface area (TPSA) is 70.3 Å². The summed E-state index contributed by atoms with van der Waals surface area (Å²) in [5, 5.41) is 0. The summed E-state index contributed by atoms with van der Waals surface area (Å²) in [6.45, 7) is 10.7. The first-order valence-corrected chi connectivity index (χ1v) is 6.41. The highest BCUT2D eigenvalue weighted by atomic mass is 15.3. The average Bonchev–Trinajstić information content (AvgIpc) is 2.39. The summed E-state index contributed by atoms with van der Waals surface area (Å²) >= 11 is 0. The van der Waals surface area contributed by atoms with Crippen LogP contribution in [0.5, 0.6) is 0 Å². The zero-order valence-corrected chi connectivity index (χ0v) is 11.3. The SMILES string of the molecule is Cc1cnc(NN)nc1N1CCN(C(C)C)CC1. The van der Waals surface area contributed by atoms with Crippen LogP contribution in [-0.4, -0.2) is 47.1 Å². The second kappa shape index (κ2) is 5.49. The first kappa shape index (κ1) is 13.0. The summed E-state index contributed by atoms with van der Waals surface area (Å²) in [6, 6.07) is 0.611. The lowest BCUT2D eigenvalue weighted by atomic mass is 10.2. The molecule has 1 aromatic rings. The van der Waals surface area contributed by atoms with E-state index in [1.54, 1.807) is 0 Å². The van der Waals surface area contributed by atoms with Gasteiger partial charge in [-0.1, -0.05) is 0 Å². The number of nitrogens with zero attached hydrogens (tertiary/aromatic N) is 4. The van der Waals surface area contributed by atoms with Crippen LogP contribution in [0.15, 0.2) is 6.20 Å². The lowest BCUT2D eigenvalue weighted by molar-refractivity contribution is 0.209. The molecule has 0 radical (unpaired) electrons. The minimum absolute atomic E-state index is 0.474. The molecule has 6 heteroatoms. The Kier molecular flexibility index (Phi) is 3.98. The summed E-state index contributed by atoms with van der Waals surface area (Å²) in [6.07, 6.45) is 1.81. The van der Waals surface area contributed by atoms with Crippen molar-refractivity contribution < 1.29 is 0 Å². The van der Waals surface area contributed by atoms with Crippen LogP contribution in [0.4, 0.5) is 11.8 Å². The van der Waals surface area contributed by atoms with Gasteiger partial charge in [0.05, 0.1) is 0 Å². The predicted molar refractivity (Wildman–Crippen MR) is 73.5 cm³/mol. The molecular formula is C12H22N6. The van der Waals surface area contributed by atoms with E-state index in [0.717, 1.165) is 37.6 Å². The van der Waals surface area contributed by atoms with Crippen molar-refractivity contribution in [1.82, 2.24) is 14.9 Å². The molecule has 100 valence electrons. The molecule has 6 nitrogen and oxygen atoms in total. The Balaban J connectivity index is 2.09. The molecule has 0 aromatic carbocycles. The van der Waals surface area contributed by atoms with E-state index < -0.39 is 0 Å². The smallest absolute Gasteiger partial charge is 0.239 e. The van der Waals surface area contributed by atoms with Gasteiger partial charge >= 0.3 is 0 Å². The van der Waals surface area contributed by atoms with Crippen LogP contribution < -0.4 is 16.2 Å². The number of hydrogen-bond donors (Lipinski definition) is 2. The third kappa shape index (κ3) is 2.70. The van der Waals surface area contributed by atoms with Gasteiger partial charge in [0.2, 0.25) is 5.95 Å². The number of hydrogen-bond acceptors (Lipinski definition) is 6. The number of hydrazine groups is 1. The minimum Gasteiger partial charge on any atom is -0.354 e. The standard InChI is InChI=1S/C12H22N6/c1-9(2)17-4-6-18(7-5-17)11-10(3)8-14-12(15-11)16-13/h8-9H,4-7,13H2,1-3H3,(H,14,15,16). The van der Waals surface area contributed by atoms with Gasteiger partial charge in [0.15, 0.2) is 0 Å². The maximum atomic E-state index is 5.36. The molecule has 0 saturated carbocycles. The van der Waals surface area contributed by atoms with E-state index in [1.165, 1.54) is 0 Å². The van der Waals surface area contributed by atoms with Gasteiger partial charge in [0, 0.05) is 44.0 Å². The zero-order valence-electron chi connectivity index (χ0n) is 11.3. The second-order valence-electron chi connectivity index (χ2n) is 4.96. The molecule has 0 aliphatic carbocycles. The van der Waals surface area contributed by atoms with Crippen molar-refractivity contribution >= 4 is 11.8 Å². The molecule has 0 amide bonds. The average molecular weight is 250 g/mol. The number of piperazine rings is 1. The molecule has 18 heavy (non-hydrogen) atoms. The molecule has 0 spiro atoms. The Morgan fingerprint density at radius 1 is 1.28 bits per heavy atom. The van der Waals surface area contributed by atoms with Crippen molar-refractivity contribution in [3.63, 3.8) is 0 Å². The van der Waals surface area contributed by atoms with Gasteiger partial charge in [0.1, 0.15) is 5.82 Å². The Hall–Kier alpha value is -1.40. The summed E-state index contributed by atoms with van der Waals surface area (Å²) in [5.74, 6) is 6.82. The Morgan fingerprint density at radius 3 is 2.50 bits per heavy atom. The molecule has 1 aliphatic rings. The van der Waals surface area contributed by atoms with Gasteiger partial charge < -0.3 is 4.90 Å². The van der Waals surface area contributed by atoms with Crippen LogP contribution in [0.2, 0.25) is 0 Å². The van der Waals surface area contributed by atoms with Crippen LogP contribution in [0.25, 0.3) is 0 Å². The highest BCUT2D eigenvalue weighted by molar-refractivity contribution is 5.49. The molecular weight excluding hydrogens is 228 g/mol. The van der Waals surface area contributed by atoms with E-state index in [1.807, 2.05) is 13.1 Å². The Morgan fingerprint density at radius 2 is 1.94 bits per heavy atom. The molecule has 0 unspecified atom stereocenters. The van der Waals surface area contributed by atoms with E-state index in [9.17, 15) is 0 Å². The van der Waals surface area contributed by atoms with Crippen molar-refractivity contribution in [3.8, 4) is 0 Å². The van der Waals surface area contributed by atoms with Crippen LogP contribution >= 0.6 is 0 Å². The van der Waals surface area contributed by atoms with Crippen molar-refractivity contribution in [2.45, 2.75) is 26.8 Å². The van der Waals surface area contributed by atoms with Crippen LogP contribution in [0.1, 0.15) is 19.4 Å². The zero-order chi connectivity index (χ0) is 13.1. The van der Waals surface area contributed by atoms with Gasteiger partial charge in [-0.05, 0) is 20.8 Å². The molecule has 0 bridgehead atoms. The lowest BCUT2D eigenvalue weighted by Gasteiger charge is -2.38. The first-order chi connectivity index (χ1) is 8.61. The first-order valence-electron chi connectivity index (χ1n) is 6.41. The maximum Gasteiger partial charge on any atom is 0.239 e. The van der Waals surface area contributed by atoms with Crippen LogP contribution in [0.3, 0.4) is 0 Å². The van der Waals surface area contributed by atoms with E-state index in [2.05, 4.69) is 39.0 Å². The molecule has 1 aromatic heterocycles. The van der Waals surface area contributed by atoms with Gasteiger partial charge in [0.25, 0.3) is 0 Å². The maximum absolute atomic E-state index is 5.36. The fourth-order valence-corrected chi connectivity index (χ4v) is 2.27. The largest absolute Gasteiger partial charge is 0.354 e. The van der Waals surface area contributed by atoms with Gasteiger partial charge in [-0.2, -0.15) is 4.98 Å². The Bertz CT molecular complexity index is 398. The van der Waals surface area contributed by atoms with E-state index in [0.29, 0.717) is 12.0 Å². The number of anilines is 2. The van der Waals surface area contributed by atoms with E-state index in [-0.39, 0.29) is 0 Å². The Labute approximate surface area is 108 Å². The number of nitrogens with one attached hydrogen (secondary N) is 1. The molecule has 0 atom stereocenters. The number of rotatable bonds is 3. The summed E-state index contributed by atoms with van der Waals surface area (Å²) in [5.41, 5.74) is 3.59. The fourth-order valence-electron chi connectivity index (χ4n) is 2.27. The monoisotopic (exact) mass is 250 g/mol. The van der Waals surface area contributed by atoms with Crippen molar-refractivity contribution in [2.75, 3.05) is 36.5 Å². The predicted octanol–water partition coefficient (Wildman–Crippen LogP) is 0.601. The normalized spacial score (nSPS) is 17.3. The van der Waals surface area contributed by atoms with E-state index >= 15 is 0 Å². The van der Waals surface area contributed by atoms with Crippen LogP contribution in [-0.2, 0) is 0 Å². The molecule has 1 saturated heterocycles. The molecule has 1 aliphatic heterocycles. The van der Waals surface area contributed by atoms with Gasteiger partial charge in [-0.3, -0.25) is 10.3 Å². The van der Waals surface area contributed by atoms with E-state index in [4.69, 9.17) is 5.84 Å². The fraction of sp³-hybridized carbons (Fsp3) is 0.667. The summed E-state index contributed by atoms with van der Waals surface area (Å²) in [7, 11) is 0. The third-order valence-electron chi connectivity index (χ3n) is 3.42. The molecule has 2 heterocycles. The highest BCUT2D eigenvalue weighted by Gasteiger charge is 2.21. The van der Waals surface area contributed by atoms with Crippen LogP contribution in [0, 0.1) is 6.92 Å².